The van der Waals surface area contributed by atoms with Gasteiger partial charge in [-0.25, -0.2) is 14.6 Å². The van der Waals surface area contributed by atoms with Crippen LogP contribution in [0, 0.1) is 23.2 Å². The van der Waals surface area contributed by atoms with Crippen LogP contribution in [0.5, 0.6) is 11.5 Å². The van der Waals surface area contributed by atoms with Crippen molar-refractivity contribution < 1.29 is 42.9 Å². The summed E-state index contributed by atoms with van der Waals surface area (Å²) in [6.07, 6.45) is 2.58. The molecule has 53 heavy (non-hydrogen) atoms. The van der Waals surface area contributed by atoms with Crippen LogP contribution in [0.2, 0.25) is 5.02 Å². The third-order valence-electron chi connectivity index (χ3n) is 11.2. The second kappa shape index (κ2) is 15.4. The maximum atomic E-state index is 14.6. The fourth-order valence-corrected chi connectivity index (χ4v) is 8.31. The molecule has 3 saturated carbocycles. The van der Waals surface area contributed by atoms with Crippen molar-refractivity contribution in [2.24, 2.45) is 23.2 Å². The molecule has 1 aliphatic heterocycles. The first kappa shape index (κ1) is 38.7. The van der Waals surface area contributed by atoms with E-state index in [2.05, 4.69) is 16.0 Å². The van der Waals surface area contributed by atoms with Gasteiger partial charge in [0.15, 0.2) is 0 Å². The molecule has 3 aliphatic carbocycles. The van der Waals surface area contributed by atoms with Crippen LogP contribution in [0.1, 0.15) is 66.2 Å². The van der Waals surface area contributed by atoms with Gasteiger partial charge in [0.1, 0.15) is 52.2 Å². The van der Waals surface area contributed by atoms with E-state index in [-0.39, 0.29) is 25.0 Å². The molecule has 0 bridgehead atoms. The zero-order chi connectivity index (χ0) is 38.2. The van der Waals surface area contributed by atoms with Crippen LogP contribution < -0.4 is 25.4 Å². The van der Waals surface area contributed by atoms with Crippen LogP contribution in [-0.4, -0.2) is 105 Å². The standard InChI is InChI=1S/C38H52ClN5O9/c1-8-22-18-38(22,35(47)51-7)43-33(45)26-16-24(52-28-17-29(40-11-12-49-5)41-31-25(28)9-10-27(50-6)30(31)39)19-44(26)34(46)32(37(2,3)4)42-36(48)53-23-14-20-13-21(20)15-23/h9-10,17,20-24,26,32H,8,11-16,18-19H2,1-7H3,(H,40,41)(H,42,48)(H,43,45)/t20-,21+,22-,23?,24-,26+,32-,38-/m1/s1. The normalized spacial score (nSPS) is 27.7. The van der Waals surface area contributed by atoms with Crippen molar-refractivity contribution in [1.29, 1.82) is 0 Å². The molecule has 0 radical (unpaired) electrons. The highest BCUT2D eigenvalue weighted by Gasteiger charge is 2.62. The maximum Gasteiger partial charge on any atom is 0.408 e. The Hall–Kier alpha value is -4.04. The van der Waals surface area contributed by atoms with Crippen molar-refractivity contribution in [3.63, 3.8) is 0 Å². The minimum atomic E-state index is -1.17. The Morgan fingerprint density at radius 2 is 1.77 bits per heavy atom. The monoisotopic (exact) mass is 757 g/mol. The fourth-order valence-electron chi connectivity index (χ4n) is 8.03. The van der Waals surface area contributed by atoms with E-state index < -0.39 is 53.0 Å². The SMILES string of the molecule is CC[C@@H]1C[C@]1(NC(=O)[C@@H]1C[C@@H](Oc2cc(NCCOC)nc3c(Cl)c(OC)ccc23)CN1C(=O)[C@@H](NC(=O)OC1C[C@@H]2C[C@@H]2C1)C(C)(C)C)C(=O)OC. The van der Waals surface area contributed by atoms with Gasteiger partial charge in [-0.3, -0.25) is 9.59 Å². The minimum absolute atomic E-state index is 0.0226. The number of aromatic nitrogens is 1. The average Bonchev–Trinajstić information content (AvgIpc) is 3.93. The number of ether oxygens (including phenoxy) is 5. The van der Waals surface area contributed by atoms with E-state index in [1.54, 1.807) is 25.3 Å². The molecule has 6 rings (SSSR count). The Labute approximate surface area is 315 Å². The molecule has 2 aromatic rings. The number of carbonyl (C=O) groups is 4. The summed E-state index contributed by atoms with van der Waals surface area (Å²) in [5, 5.41) is 9.92. The highest BCUT2D eigenvalue weighted by molar-refractivity contribution is 6.36. The van der Waals surface area contributed by atoms with Gasteiger partial charge in [-0.2, -0.15) is 0 Å². The van der Waals surface area contributed by atoms with Gasteiger partial charge in [0, 0.05) is 31.5 Å². The summed E-state index contributed by atoms with van der Waals surface area (Å²) in [6, 6.07) is 3.21. The van der Waals surface area contributed by atoms with Crippen molar-refractivity contribution in [1.82, 2.24) is 20.5 Å². The molecular weight excluding hydrogens is 706 g/mol. The number of alkyl carbamates (subject to hydrolysis) is 1. The molecule has 1 saturated heterocycles. The van der Waals surface area contributed by atoms with Crippen molar-refractivity contribution in [3.05, 3.63) is 23.2 Å². The van der Waals surface area contributed by atoms with Crippen molar-refractivity contribution in [2.45, 2.75) is 96.1 Å². The Balaban J connectivity index is 1.29. The van der Waals surface area contributed by atoms with E-state index in [0.717, 1.165) is 12.8 Å². The van der Waals surface area contributed by atoms with Gasteiger partial charge in [-0.1, -0.05) is 45.7 Å². The van der Waals surface area contributed by atoms with Gasteiger partial charge >= 0.3 is 12.1 Å². The summed E-state index contributed by atoms with van der Waals surface area (Å²) in [5.74, 6) is 1.02. The van der Waals surface area contributed by atoms with E-state index in [9.17, 15) is 19.2 Å². The smallest absolute Gasteiger partial charge is 0.408 e. The predicted octanol–water partition coefficient (Wildman–Crippen LogP) is 4.70. The number of esters is 1. The molecule has 1 aromatic carbocycles. The second-order valence-corrected chi connectivity index (χ2v) is 16.2. The summed E-state index contributed by atoms with van der Waals surface area (Å²) in [5.41, 5.74) is -1.47. The van der Waals surface area contributed by atoms with Crippen molar-refractivity contribution in [2.75, 3.05) is 46.3 Å². The van der Waals surface area contributed by atoms with Crippen LogP contribution >= 0.6 is 11.6 Å². The molecule has 2 heterocycles. The highest BCUT2D eigenvalue weighted by atomic mass is 35.5. The number of hydrogen-bond donors (Lipinski definition) is 3. The lowest BCUT2D eigenvalue weighted by Gasteiger charge is -2.35. The number of methoxy groups -OCH3 is 3. The summed E-state index contributed by atoms with van der Waals surface area (Å²) in [6.45, 7) is 8.42. The van der Waals surface area contributed by atoms with E-state index in [1.165, 1.54) is 25.5 Å². The number of pyridine rings is 1. The van der Waals surface area contributed by atoms with E-state index in [0.29, 0.717) is 71.1 Å². The molecule has 1 aromatic heterocycles. The minimum Gasteiger partial charge on any atom is -0.495 e. The number of hydrogen-bond acceptors (Lipinski definition) is 11. The van der Waals surface area contributed by atoms with Gasteiger partial charge in [0.25, 0.3) is 0 Å². The van der Waals surface area contributed by atoms with Crippen molar-refractivity contribution in [3.8, 4) is 11.5 Å². The number of fused-ring (bicyclic) bond motifs is 2. The van der Waals surface area contributed by atoms with Crippen LogP contribution in [0.25, 0.3) is 10.9 Å². The topological polar surface area (TPSA) is 167 Å². The number of nitrogens with one attached hydrogen (secondary N) is 3. The third kappa shape index (κ3) is 8.08. The quantitative estimate of drug-likeness (QED) is 0.181. The number of halogens is 1. The van der Waals surface area contributed by atoms with Crippen LogP contribution in [0.15, 0.2) is 18.2 Å². The molecule has 3 N–H and O–H groups in total. The molecule has 14 nitrogen and oxygen atoms in total. The molecule has 3 amide bonds. The highest BCUT2D eigenvalue weighted by Crippen LogP contribution is 2.52. The average molecular weight is 758 g/mol. The molecule has 8 atom stereocenters. The van der Waals surface area contributed by atoms with Gasteiger partial charge in [-0.05, 0) is 61.0 Å². The Morgan fingerprint density at radius 3 is 2.40 bits per heavy atom. The summed E-state index contributed by atoms with van der Waals surface area (Å²) in [7, 11) is 4.42. The molecular formula is C38H52ClN5O9. The lowest BCUT2D eigenvalue weighted by molar-refractivity contribution is -0.148. The second-order valence-electron chi connectivity index (χ2n) is 15.8. The zero-order valence-electron chi connectivity index (χ0n) is 31.6. The molecule has 15 heteroatoms. The summed E-state index contributed by atoms with van der Waals surface area (Å²) < 4.78 is 28.1. The number of likely N-dealkylation sites (tertiary alicyclic amines) is 1. The number of amides is 3. The van der Waals surface area contributed by atoms with Gasteiger partial charge < -0.3 is 44.5 Å². The molecule has 4 fully saturated rings. The Kier molecular flexibility index (Phi) is 11.2. The summed E-state index contributed by atoms with van der Waals surface area (Å²) in [4.78, 5) is 61.2. The van der Waals surface area contributed by atoms with E-state index >= 15 is 0 Å². The fraction of sp³-hybridized carbons (Fsp3) is 0.658. The number of anilines is 1. The van der Waals surface area contributed by atoms with E-state index in [1.807, 2.05) is 27.7 Å². The Bertz CT molecular complexity index is 1730. The zero-order valence-corrected chi connectivity index (χ0v) is 32.3. The molecule has 0 spiro atoms. The molecule has 4 aliphatic rings. The summed E-state index contributed by atoms with van der Waals surface area (Å²) >= 11 is 6.72. The van der Waals surface area contributed by atoms with Gasteiger partial charge in [0.2, 0.25) is 11.8 Å². The van der Waals surface area contributed by atoms with Crippen molar-refractivity contribution >= 4 is 52.2 Å². The molecule has 290 valence electrons. The number of rotatable bonds is 14. The first-order valence-electron chi connectivity index (χ1n) is 18.5. The van der Waals surface area contributed by atoms with Gasteiger partial charge in [0.05, 0.1) is 32.9 Å². The lowest BCUT2D eigenvalue weighted by Crippen LogP contribution is -2.59. The van der Waals surface area contributed by atoms with Gasteiger partial charge in [-0.15, -0.1) is 0 Å². The van der Waals surface area contributed by atoms with Crippen LogP contribution in [0.3, 0.4) is 0 Å². The first-order chi connectivity index (χ1) is 25.2. The number of carbonyl (C=O) groups excluding carboxylic acids is 4. The lowest BCUT2D eigenvalue weighted by atomic mass is 9.85. The van der Waals surface area contributed by atoms with Crippen LogP contribution in [0.4, 0.5) is 10.6 Å². The molecule has 1 unspecified atom stereocenters. The largest absolute Gasteiger partial charge is 0.495 e. The predicted molar refractivity (Wildman–Crippen MR) is 197 cm³/mol. The first-order valence-corrected chi connectivity index (χ1v) is 18.8. The van der Waals surface area contributed by atoms with Crippen LogP contribution in [-0.2, 0) is 28.6 Å². The number of benzene rings is 1. The third-order valence-corrected chi connectivity index (χ3v) is 11.5. The van der Waals surface area contributed by atoms with E-state index in [4.69, 9.17) is 40.3 Å². The Morgan fingerprint density at radius 1 is 1.04 bits per heavy atom. The number of nitrogens with zero attached hydrogens (tertiary/aromatic N) is 2. The maximum absolute atomic E-state index is 14.6.